The van der Waals surface area contributed by atoms with Gasteiger partial charge in [-0.25, -0.2) is 0 Å². The van der Waals surface area contributed by atoms with Crippen molar-refractivity contribution < 1.29 is 26.2 Å². The summed E-state index contributed by atoms with van der Waals surface area (Å²) in [5.74, 6) is -1.50. The number of rotatable bonds is 2. The molecule has 78 valence electrons. The maximum atomic E-state index is 10.8. The van der Waals surface area contributed by atoms with Crippen LogP contribution in [0.4, 0.5) is 0 Å². The lowest BCUT2D eigenvalue weighted by molar-refractivity contribution is 0.427. The van der Waals surface area contributed by atoms with E-state index in [1.54, 1.807) is 0 Å². The molecule has 0 aromatic heterocycles. The van der Waals surface area contributed by atoms with Crippen LogP contribution < -0.4 is 3.07 Å². The molecule has 0 saturated heterocycles. The van der Waals surface area contributed by atoms with E-state index >= 15 is 0 Å². The number of hydrogen-bond donors (Lipinski definition) is 3. The normalized spacial score (nSPS) is 11.3. The molecule has 8 heteroatoms. The Labute approximate surface area is 93.6 Å². The summed E-state index contributed by atoms with van der Waals surface area (Å²) in [5, 5.41) is 18.2. The predicted octanol–water partition coefficient (Wildman–Crippen LogP) is 1.07. The molecule has 0 heterocycles. The molecule has 0 saturated carbocycles. The molecular weight excluding hydrogens is 327 g/mol. The van der Waals surface area contributed by atoms with Crippen LogP contribution in [0.2, 0.25) is 0 Å². The molecule has 0 aliphatic rings. The summed E-state index contributed by atoms with van der Waals surface area (Å²) in [6.45, 7) is 0. The standard InChI is InChI=1S/C6H5IO6S/c7-13-6-4(9)1-3(8)2-5(6)14(10,11)12/h1-2,8-9H,(H,10,11,12). The molecule has 1 rings (SSSR count). The highest BCUT2D eigenvalue weighted by Crippen LogP contribution is 2.38. The highest BCUT2D eigenvalue weighted by Gasteiger charge is 2.21. The van der Waals surface area contributed by atoms with Crippen molar-refractivity contribution in [3.63, 3.8) is 0 Å². The molecule has 0 radical (unpaired) electrons. The minimum atomic E-state index is -4.54. The van der Waals surface area contributed by atoms with Crippen LogP contribution in [0.15, 0.2) is 17.0 Å². The van der Waals surface area contributed by atoms with Crippen LogP contribution >= 0.6 is 23.0 Å². The Morgan fingerprint density at radius 3 is 2.29 bits per heavy atom. The molecule has 0 spiro atoms. The van der Waals surface area contributed by atoms with Crippen molar-refractivity contribution in [2.75, 3.05) is 0 Å². The third-order valence-corrected chi connectivity index (χ3v) is 2.67. The zero-order valence-corrected chi connectivity index (χ0v) is 9.48. The van der Waals surface area contributed by atoms with Crippen molar-refractivity contribution in [2.24, 2.45) is 0 Å². The first-order chi connectivity index (χ1) is 6.36. The molecule has 6 nitrogen and oxygen atoms in total. The van der Waals surface area contributed by atoms with Crippen molar-refractivity contribution in [1.29, 1.82) is 0 Å². The largest absolute Gasteiger partial charge is 0.508 e. The monoisotopic (exact) mass is 332 g/mol. The summed E-state index contributed by atoms with van der Waals surface area (Å²) in [6.07, 6.45) is 0. The number of halogens is 1. The molecule has 0 aliphatic heterocycles. The smallest absolute Gasteiger partial charge is 0.298 e. The summed E-state index contributed by atoms with van der Waals surface area (Å²) in [4.78, 5) is -0.690. The molecule has 0 amide bonds. The van der Waals surface area contributed by atoms with Crippen LogP contribution in [0.25, 0.3) is 0 Å². The van der Waals surface area contributed by atoms with Gasteiger partial charge >= 0.3 is 0 Å². The van der Waals surface area contributed by atoms with Gasteiger partial charge in [-0.15, -0.1) is 0 Å². The van der Waals surface area contributed by atoms with Gasteiger partial charge in [-0.1, -0.05) is 0 Å². The van der Waals surface area contributed by atoms with Crippen molar-refractivity contribution in [1.82, 2.24) is 0 Å². The van der Waals surface area contributed by atoms with Gasteiger partial charge < -0.3 is 13.3 Å². The Hall–Kier alpha value is -0.740. The van der Waals surface area contributed by atoms with E-state index in [9.17, 15) is 13.5 Å². The maximum Gasteiger partial charge on any atom is 0.298 e. The Morgan fingerprint density at radius 2 is 1.86 bits per heavy atom. The lowest BCUT2D eigenvalue weighted by Crippen LogP contribution is -1.99. The second-order valence-corrected chi connectivity index (χ2v) is 4.17. The van der Waals surface area contributed by atoms with Crippen LogP contribution in [-0.2, 0) is 10.1 Å². The molecule has 3 N–H and O–H groups in total. The Balaban J connectivity index is 3.56. The predicted molar refractivity (Wildman–Crippen MR) is 54.2 cm³/mol. The third kappa shape index (κ3) is 2.19. The quantitative estimate of drug-likeness (QED) is 0.553. The maximum absolute atomic E-state index is 10.8. The summed E-state index contributed by atoms with van der Waals surface area (Å²) in [7, 11) is -4.54. The third-order valence-electron chi connectivity index (χ3n) is 1.38. The second kappa shape index (κ2) is 3.79. The average molecular weight is 332 g/mol. The SMILES string of the molecule is O=S(=O)(O)c1cc(O)cc(O)c1OI. The molecule has 0 unspecified atom stereocenters. The van der Waals surface area contributed by atoms with Crippen LogP contribution in [0.3, 0.4) is 0 Å². The molecular formula is C6H5IO6S. The van der Waals surface area contributed by atoms with Gasteiger partial charge in [0.1, 0.15) is 10.6 Å². The van der Waals surface area contributed by atoms with Crippen molar-refractivity contribution in [2.45, 2.75) is 4.90 Å². The van der Waals surface area contributed by atoms with E-state index in [0.717, 1.165) is 12.1 Å². The van der Waals surface area contributed by atoms with Crippen LogP contribution in [0.5, 0.6) is 17.2 Å². The Bertz CT molecular complexity index is 454. The van der Waals surface area contributed by atoms with Crippen LogP contribution in [0, 0.1) is 0 Å². The molecule has 14 heavy (non-hydrogen) atoms. The van der Waals surface area contributed by atoms with Gasteiger partial charge in [-0.2, -0.15) is 8.42 Å². The van der Waals surface area contributed by atoms with E-state index in [1.165, 1.54) is 23.0 Å². The molecule has 0 aliphatic carbocycles. The van der Waals surface area contributed by atoms with Gasteiger partial charge in [0.05, 0.1) is 0 Å². The average Bonchev–Trinajstić information content (AvgIpc) is 2.01. The second-order valence-electron chi connectivity index (χ2n) is 2.34. The minimum absolute atomic E-state index is 0.425. The number of aromatic hydroxyl groups is 2. The number of benzene rings is 1. The van der Waals surface area contributed by atoms with Crippen molar-refractivity contribution >= 4 is 33.1 Å². The molecule has 1 aromatic rings. The lowest BCUT2D eigenvalue weighted by Gasteiger charge is -2.06. The Kier molecular flexibility index (Phi) is 3.07. The zero-order chi connectivity index (χ0) is 10.9. The van der Waals surface area contributed by atoms with Crippen molar-refractivity contribution in [3.05, 3.63) is 12.1 Å². The topological polar surface area (TPSA) is 104 Å². The molecule has 0 atom stereocenters. The first-order valence-electron chi connectivity index (χ1n) is 3.18. The van der Waals surface area contributed by atoms with Gasteiger partial charge in [-0.05, 0) is 0 Å². The van der Waals surface area contributed by atoms with E-state index in [1.807, 2.05) is 0 Å². The fourth-order valence-corrected chi connectivity index (χ4v) is 2.10. The zero-order valence-electron chi connectivity index (χ0n) is 6.51. The first-order valence-corrected chi connectivity index (χ1v) is 5.50. The van der Waals surface area contributed by atoms with Crippen molar-refractivity contribution in [3.8, 4) is 17.2 Å². The van der Waals surface area contributed by atoms with E-state index in [4.69, 9.17) is 9.66 Å². The summed E-state index contributed by atoms with van der Waals surface area (Å²) < 4.78 is 34.8. The first kappa shape index (κ1) is 11.3. The number of phenolic OH excluding ortho intramolecular Hbond substituents is 2. The number of hydrogen-bond acceptors (Lipinski definition) is 5. The van der Waals surface area contributed by atoms with Gasteiger partial charge in [-0.3, -0.25) is 4.55 Å². The fourth-order valence-electron chi connectivity index (χ4n) is 0.843. The Morgan fingerprint density at radius 1 is 1.29 bits per heavy atom. The summed E-state index contributed by atoms with van der Waals surface area (Å²) in [6, 6.07) is 1.66. The molecule has 0 bridgehead atoms. The summed E-state index contributed by atoms with van der Waals surface area (Å²) >= 11 is 1.34. The van der Waals surface area contributed by atoms with E-state index < -0.39 is 32.3 Å². The molecule has 1 aromatic carbocycles. The van der Waals surface area contributed by atoms with E-state index in [-0.39, 0.29) is 0 Å². The van der Waals surface area contributed by atoms with Gasteiger partial charge in [0.15, 0.2) is 34.5 Å². The van der Waals surface area contributed by atoms with E-state index in [2.05, 4.69) is 3.07 Å². The van der Waals surface area contributed by atoms with Gasteiger partial charge in [0.2, 0.25) is 0 Å². The van der Waals surface area contributed by atoms with Gasteiger partial charge in [0, 0.05) is 12.1 Å². The van der Waals surface area contributed by atoms with E-state index in [0.29, 0.717) is 0 Å². The van der Waals surface area contributed by atoms with Gasteiger partial charge in [0.25, 0.3) is 10.1 Å². The highest BCUT2D eigenvalue weighted by atomic mass is 127. The molecule has 0 fully saturated rings. The highest BCUT2D eigenvalue weighted by molar-refractivity contribution is 14.1. The number of phenols is 2. The fraction of sp³-hybridized carbons (Fsp3) is 0. The van der Waals surface area contributed by atoms with Crippen LogP contribution in [0.1, 0.15) is 0 Å². The lowest BCUT2D eigenvalue weighted by atomic mass is 10.3. The minimum Gasteiger partial charge on any atom is -0.508 e. The van der Waals surface area contributed by atoms with Crippen LogP contribution in [-0.4, -0.2) is 23.2 Å². The summed E-state index contributed by atoms with van der Waals surface area (Å²) in [5.41, 5.74) is 0.